The van der Waals surface area contributed by atoms with Gasteiger partial charge in [0.15, 0.2) is 18.4 Å². The Morgan fingerprint density at radius 3 is 2.83 bits per heavy atom. The smallest absolute Gasteiger partial charge is 0.258 e. The van der Waals surface area contributed by atoms with Crippen LogP contribution in [0, 0.1) is 6.92 Å². The lowest BCUT2D eigenvalue weighted by molar-refractivity contribution is -0.919. The summed E-state index contributed by atoms with van der Waals surface area (Å²) < 4.78 is 11.1. The SMILES string of the molecule is Cc1cccc(OCC(=O)NC[C@@H](c2ccco2)[NH+]2CCCC2)c1. The molecule has 1 aliphatic heterocycles. The van der Waals surface area contributed by atoms with Gasteiger partial charge < -0.3 is 19.4 Å². The fourth-order valence-corrected chi connectivity index (χ4v) is 3.23. The van der Waals surface area contributed by atoms with Crippen LogP contribution in [-0.2, 0) is 4.79 Å². The van der Waals surface area contributed by atoms with Gasteiger partial charge in [-0.2, -0.15) is 0 Å². The first kappa shape index (κ1) is 16.6. The number of ether oxygens (including phenoxy) is 1. The molecule has 3 rings (SSSR count). The second-order valence-electron chi connectivity index (χ2n) is 6.34. The van der Waals surface area contributed by atoms with Crippen LogP contribution in [0.15, 0.2) is 47.1 Å². The molecule has 5 nitrogen and oxygen atoms in total. The highest BCUT2D eigenvalue weighted by Gasteiger charge is 2.29. The van der Waals surface area contributed by atoms with Gasteiger partial charge in [0, 0.05) is 12.8 Å². The van der Waals surface area contributed by atoms with Crippen LogP contribution in [-0.4, -0.2) is 32.1 Å². The molecule has 24 heavy (non-hydrogen) atoms. The summed E-state index contributed by atoms with van der Waals surface area (Å²) in [6.45, 7) is 4.85. The van der Waals surface area contributed by atoms with Crippen molar-refractivity contribution in [3.8, 4) is 5.75 Å². The van der Waals surface area contributed by atoms with Gasteiger partial charge in [-0.1, -0.05) is 12.1 Å². The van der Waals surface area contributed by atoms with Crippen LogP contribution in [0.2, 0.25) is 0 Å². The van der Waals surface area contributed by atoms with Crippen LogP contribution in [0.25, 0.3) is 0 Å². The second kappa shape index (κ2) is 8.02. The number of carbonyl (C=O) groups is 1. The first-order valence-corrected chi connectivity index (χ1v) is 8.56. The molecular weight excluding hydrogens is 304 g/mol. The Labute approximate surface area is 142 Å². The summed E-state index contributed by atoms with van der Waals surface area (Å²) in [6, 6.07) is 11.8. The Hall–Kier alpha value is -2.27. The van der Waals surface area contributed by atoms with Crippen LogP contribution in [0.4, 0.5) is 0 Å². The fraction of sp³-hybridized carbons (Fsp3) is 0.421. The van der Waals surface area contributed by atoms with E-state index in [-0.39, 0.29) is 18.6 Å². The maximum atomic E-state index is 12.1. The molecule has 128 valence electrons. The molecular formula is C19H25N2O3+. The Morgan fingerprint density at radius 2 is 2.12 bits per heavy atom. The summed E-state index contributed by atoms with van der Waals surface area (Å²) in [7, 11) is 0. The molecule has 1 aromatic carbocycles. The van der Waals surface area contributed by atoms with Crippen molar-refractivity contribution in [3.05, 3.63) is 54.0 Å². The van der Waals surface area contributed by atoms with E-state index in [1.54, 1.807) is 6.26 Å². The maximum Gasteiger partial charge on any atom is 0.258 e. The Kier molecular flexibility index (Phi) is 5.54. The van der Waals surface area contributed by atoms with Crippen molar-refractivity contribution in [2.24, 2.45) is 0 Å². The fourth-order valence-electron chi connectivity index (χ4n) is 3.23. The molecule has 1 atom stereocenters. The Morgan fingerprint density at radius 1 is 1.29 bits per heavy atom. The zero-order valence-electron chi connectivity index (χ0n) is 14.1. The average Bonchev–Trinajstić information content (AvgIpc) is 3.27. The molecule has 0 bridgehead atoms. The van der Waals surface area contributed by atoms with E-state index in [4.69, 9.17) is 9.15 Å². The number of benzene rings is 1. The summed E-state index contributed by atoms with van der Waals surface area (Å²) in [5.74, 6) is 1.55. The normalized spacial score (nSPS) is 16.0. The topological polar surface area (TPSA) is 55.9 Å². The summed E-state index contributed by atoms with van der Waals surface area (Å²) in [5, 5.41) is 2.99. The minimum Gasteiger partial charge on any atom is -0.484 e. The highest BCUT2D eigenvalue weighted by atomic mass is 16.5. The van der Waals surface area contributed by atoms with Crippen LogP contribution >= 0.6 is 0 Å². The van der Waals surface area contributed by atoms with E-state index in [0.29, 0.717) is 6.54 Å². The second-order valence-corrected chi connectivity index (χ2v) is 6.34. The molecule has 1 saturated heterocycles. The highest BCUT2D eigenvalue weighted by Crippen LogP contribution is 2.13. The van der Waals surface area contributed by atoms with Crippen LogP contribution in [0.3, 0.4) is 0 Å². The molecule has 0 radical (unpaired) electrons. The number of amides is 1. The van der Waals surface area contributed by atoms with Crippen molar-refractivity contribution in [1.29, 1.82) is 0 Å². The Bertz CT molecular complexity index is 648. The minimum atomic E-state index is -0.105. The summed E-state index contributed by atoms with van der Waals surface area (Å²) >= 11 is 0. The van der Waals surface area contributed by atoms with Crippen LogP contribution in [0.5, 0.6) is 5.75 Å². The summed E-state index contributed by atoms with van der Waals surface area (Å²) in [5.41, 5.74) is 1.11. The minimum absolute atomic E-state index is 0.0314. The third kappa shape index (κ3) is 4.38. The van der Waals surface area contributed by atoms with Gasteiger partial charge >= 0.3 is 0 Å². The van der Waals surface area contributed by atoms with Gasteiger partial charge in [0.2, 0.25) is 0 Å². The highest BCUT2D eigenvalue weighted by molar-refractivity contribution is 5.77. The Balaban J connectivity index is 1.51. The lowest BCUT2D eigenvalue weighted by Crippen LogP contribution is -3.11. The average molecular weight is 329 g/mol. The van der Waals surface area contributed by atoms with Crippen molar-refractivity contribution in [2.75, 3.05) is 26.2 Å². The van der Waals surface area contributed by atoms with E-state index in [1.807, 2.05) is 43.3 Å². The van der Waals surface area contributed by atoms with Gasteiger partial charge in [-0.15, -0.1) is 0 Å². The molecule has 1 amide bonds. The van der Waals surface area contributed by atoms with Crippen molar-refractivity contribution < 1.29 is 18.8 Å². The number of nitrogens with one attached hydrogen (secondary N) is 2. The lowest BCUT2D eigenvalue weighted by atomic mass is 10.2. The zero-order valence-corrected chi connectivity index (χ0v) is 14.1. The zero-order chi connectivity index (χ0) is 16.8. The molecule has 1 aliphatic rings. The first-order chi connectivity index (χ1) is 11.7. The number of rotatable bonds is 7. The van der Waals surface area contributed by atoms with Gasteiger partial charge in [-0.05, 0) is 36.8 Å². The monoisotopic (exact) mass is 329 g/mol. The molecule has 2 heterocycles. The number of aryl methyl sites for hydroxylation is 1. The van der Waals surface area contributed by atoms with Gasteiger partial charge in [0.05, 0.1) is 25.9 Å². The van der Waals surface area contributed by atoms with Crippen molar-refractivity contribution in [3.63, 3.8) is 0 Å². The molecule has 0 aliphatic carbocycles. The number of hydrogen-bond donors (Lipinski definition) is 2. The summed E-state index contributed by atoms with van der Waals surface area (Å²) in [6.07, 6.45) is 4.16. The van der Waals surface area contributed by atoms with Crippen molar-refractivity contribution in [2.45, 2.75) is 25.8 Å². The van der Waals surface area contributed by atoms with E-state index >= 15 is 0 Å². The van der Waals surface area contributed by atoms with Crippen LogP contribution < -0.4 is 15.0 Å². The molecule has 1 fully saturated rings. The van der Waals surface area contributed by atoms with E-state index in [1.165, 1.54) is 17.7 Å². The number of carbonyl (C=O) groups excluding carboxylic acids is 1. The molecule has 5 heteroatoms. The van der Waals surface area contributed by atoms with Gasteiger partial charge in [-0.25, -0.2) is 0 Å². The molecule has 0 spiro atoms. The van der Waals surface area contributed by atoms with E-state index in [9.17, 15) is 4.79 Å². The van der Waals surface area contributed by atoms with Gasteiger partial charge in [0.1, 0.15) is 5.75 Å². The maximum absolute atomic E-state index is 12.1. The number of quaternary nitrogens is 1. The largest absolute Gasteiger partial charge is 0.484 e. The first-order valence-electron chi connectivity index (χ1n) is 8.56. The number of hydrogen-bond acceptors (Lipinski definition) is 3. The number of likely N-dealkylation sites (tertiary alicyclic amines) is 1. The van der Waals surface area contributed by atoms with E-state index in [2.05, 4.69) is 5.32 Å². The third-order valence-corrected chi connectivity index (χ3v) is 4.49. The standard InChI is InChI=1S/C19H24N2O3/c1-15-6-4-7-16(12-15)24-14-19(22)20-13-17(18-8-5-11-23-18)21-9-2-3-10-21/h4-8,11-12,17H,2-3,9-10,13-14H2,1H3,(H,20,22)/p+1/t17-/m0/s1. The third-order valence-electron chi connectivity index (χ3n) is 4.49. The molecule has 0 saturated carbocycles. The van der Waals surface area contributed by atoms with Gasteiger partial charge in [-0.3, -0.25) is 4.79 Å². The summed E-state index contributed by atoms with van der Waals surface area (Å²) in [4.78, 5) is 13.6. The van der Waals surface area contributed by atoms with E-state index < -0.39 is 0 Å². The molecule has 2 N–H and O–H groups in total. The van der Waals surface area contributed by atoms with Crippen molar-refractivity contribution in [1.82, 2.24) is 5.32 Å². The quantitative estimate of drug-likeness (QED) is 0.809. The molecule has 2 aromatic rings. The number of furan rings is 1. The van der Waals surface area contributed by atoms with E-state index in [0.717, 1.165) is 30.2 Å². The van der Waals surface area contributed by atoms with Crippen molar-refractivity contribution >= 4 is 5.91 Å². The van der Waals surface area contributed by atoms with Crippen LogP contribution in [0.1, 0.15) is 30.2 Å². The molecule has 1 aromatic heterocycles. The molecule has 0 unspecified atom stereocenters. The predicted molar refractivity (Wildman–Crippen MR) is 91.1 cm³/mol. The van der Waals surface area contributed by atoms with Gasteiger partial charge in [0.25, 0.3) is 5.91 Å². The predicted octanol–water partition coefficient (Wildman–Crippen LogP) is 1.50. The lowest BCUT2D eigenvalue weighted by Gasteiger charge is -2.23.